The van der Waals surface area contributed by atoms with Gasteiger partial charge in [-0.3, -0.25) is 5.21 Å². The quantitative estimate of drug-likeness (QED) is 0.255. The van der Waals surface area contributed by atoms with E-state index >= 15 is 0 Å². The summed E-state index contributed by atoms with van der Waals surface area (Å²) >= 11 is 18.3. The molecule has 0 saturated carbocycles. The highest BCUT2D eigenvalue weighted by atomic mass is 35.5. The highest BCUT2D eigenvalue weighted by Gasteiger charge is 2.50. The molecule has 1 aliphatic heterocycles. The smallest absolute Gasteiger partial charge is 0.307 e. The molecule has 1 saturated heterocycles. The molecular weight excluding hydrogens is 481 g/mol. The number of hydrogen-bond acceptors (Lipinski definition) is 5. The molecule has 2 aromatic rings. The Morgan fingerprint density at radius 1 is 1.03 bits per heavy atom. The van der Waals surface area contributed by atoms with Gasteiger partial charge in [0, 0.05) is 21.4 Å². The first-order valence-corrected chi connectivity index (χ1v) is 10.9. The number of carbonyl (C=O) groups excluding carboxylic acids is 2. The molecule has 0 unspecified atom stereocenters. The van der Waals surface area contributed by atoms with E-state index in [2.05, 4.69) is 16.1 Å². The second-order valence-corrected chi connectivity index (χ2v) is 10.2. The van der Waals surface area contributed by atoms with Gasteiger partial charge in [-0.05, 0) is 62.4 Å². The molecule has 3 rings (SSSR count). The molecular formula is C19H19Cl2N5O3S2. The van der Waals surface area contributed by atoms with Gasteiger partial charge in [0.25, 0.3) is 0 Å². The summed E-state index contributed by atoms with van der Waals surface area (Å²) < 4.78 is -0.434. The Labute approximate surface area is 198 Å². The van der Waals surface area contributed by atoms with Crippen LogP contribution in [0.4, 0.5) is 21.0 Å². The van der Waals surface area contributed by atoms with Gasteiger partial charge >= 0.3 is 12.1 Å². The predicted molar refractivity (Wildman–Crippen MR) is 128 cm³/mol. The third-order valence-electron chi connectivity index (χ3n) is 4.27. The van der Waals surface area contributed by atoms with Gasteiger partial charge in [-0.15, -0.1) is 0 Å². The summed E-state index contributed by atoms with van der Waals surface area (Å²) in [6, 6.07) is 11.6. The number of benzene rings is 2. The van der Waals surface area contributed by atoms with Crippen molar-refractivity contribution in [2.45, 2.75) is 24.8 Å². The summed E-state index contributed by atoms with van der Waals surface area (Å²) in [5.74, 6) is 0. The maximum absolute atomic E-state index is 12.6. The van der Waals surface area contributed by atoms with Crippen LogP contribution in [0, 0.1) is 0 Å². The van der Waals surface area contributed by atoms with Gasteiger partial charge in [-0.1, -0.05) is 47.2 Å². The molecule has 0 aliphatic carbocycles. The lowest BCUT2D eigenvalue weighted by Gasteiger charge is -2.36. The first-order chi connectivity index (χ1) is 14.6. The molecule has 0 bridgehead atoms. The Balaban J connectivity index is 1.73. The zero-order chi connectivity index (χ0) is 22.8. The fourth-order valence-electron chi connectivity index (χ4n) is 2.88. The minimum Gasteiger partial charge on any atom is -0.307 e. The summed E-state index contributed by atoms with van der Waals surface area (Å²) in [4.78, 5) is 25.1. The van der Waals surface area contributed by atoms with Gasteiger partial charge in [-0.25, -0.2) is 20.0 Å². The number of hydrogen-bond donors (Lipinski definition) is 4. The summed E-state index contributed by atoms with van der Waals surface area (Å²) in [5.41, 5.74) is 3.55. The van der Waals surface area contributed by atoms with Gasteiger partial charge in [0.2, 0.25) is 0 Å². The van der Waals surface area contributed by atoms with Crippen molar-refractivity contribution in [1.29, 1.82) is 0 Å². The van der Waals surface area contributed by atoms with Crippen molar-refractivity contribution in [2.24, 2.45) is 0 Å². The molecule has 31 heavy (non-hydrogen) atoms. The van der Waals surface area contributed by atoms with Crippen molar-refractivity contribution < 1.29 is 14.8 Å². The van der Waals surface area contributed by atoms with Crippen molar-refractivity contribution in [1.82, 2.24) is 15.5 Å². The van der Waals surface area contributed by atoms with Crippen LogP contribution in [-0.2, 0) is 0 Å². The number of anilines is 2. The molecule has 0 aromatic heterocycles. The van der Waals surface area contributed by atoms with Crippen molar-refractivity contribution in [3.63, 3.8) is 0 Å². The van der Waals surface area contributed by atoms with Crippen molar-refractivity contribution in [2.75, 3.05) is 10.6 Å². The van der Waals surface area contributed by atoms with Crippen LogP contribution in [0.3, 0.4) is 0 Å². The number of rotatable bonds is 4. The maximum Gasteiger partial charge on any atom is 0.347 e. The molecule has 1 heterocycles. The van der Waals surface area contributed by atoms with Crippen LogP contribution in [0.2, 0.25) is 10.0 Å². The molecule has 1 fully saturated rings. The van der Waals surface area contributed by atoms with E-state index in [1.807, 2.05) is 0 Å². The number of hydrazine groups is 1. The lowest BCUT2D eigenvalue weighted by Crippen LogP contribution is -2.60. The van der Waals surface area contributed by atoms with Crippen LogP contribution < -0.4 is 16.1 Å². The van der Waals surface area contributed by atoms with Gasteiger partial charge in [0.15, 0.2) is 10.5 Å². The molecule has 1 aliphatic rings. The molecule has 4 N–H and O–H groups in total. The van der Waals surface area contributed by atoms with Crippen molar-refractivity contribution in [3.8, 4) is 0 Å². The summed E-state index contributed by atoms with van der Waals surface area (Å²) in [7, 11) is 0. The van der Waals surface area contributed by atoms with E-state index in [0.717, 1.165) is 0 Å². The van der Waals surface area contributed by atoms with E-state index in [1.165, 1.54) is 16.8 Å². The Kier molecular flexibility index (Phi) is 7.17. The number of nitrogens with zero attached hydrogens (tertiary/aromatic N) is 2. The monoisotopic (exact) mass is 499 g/mol. The number of thiocarbonyl (C=S) groups is 1. The molecule has 4 amide bonds. The highest BCUT2D eigenvalue weighted by molar-refractivity contribution is 8.24. The molecule has 8 nitrogen and oxygen atoms in total. The summed E-state index contributed by atoms with van der Waals surface area (Å²) in [6.45, 7) is 3.60. The number of urea groups is 2. The maximum atomic E-state index is 12.6. The number of thioether (sulfide) groups is 1. The molecule has 12 heteroatoms. The molecule has 2 aromatic carbocycles. The van der Waals surface area contributed by atoms with Crippen LogP contribution in [-0.4, -0.2) is 42.6 Å². The molecule has 0 spiro atoms. The summed E-state index contributed by atoms with van der Waals surface area (Å²) in [6.07, 6.45) is -0.978. The second kappa shape index (κ2) is 9.49. The van der Waals surface area contributed by atoms with Gasteiger partial charge in [0.1, 0.15) is 0 Å². The normalized spacial score (nSPS) is 17.3. The Morgan fingerprint density at radius 3 is 2.03 bits per heavy atom. The van der Waals surface area contributed by atoms with Gasteiger partial charge in [-0.2, -0.15) is 5.06 Å². The standard InChI is InChI=1S/C19H19Cl2N5O3S2/c1-19(2)15(26(29)17(28)23-14-9-5-12(21)6-10-14)25(18(30)31-19)24-16(27)22-13-7-3-11(20)4-8-13/h3-10,15,29H,1-2H3,(H,23,28)(H2,22,24,27)/t15-/m0/s1. The Bertz CT molecular complexity index is 989. The van der Waals surface area contributed by atoms with Crippen LogP contribution in [0.15, 0.2) is 48.5 Å². The lowest BCUT2D eigenvalue weighted by atomic mass is 10.1. The molecule has 1 atom stereocenters. The third kappa shape index (κ3) is 5.72. The Hall–Kier alpha value is -2.24. The predicted octanol–water partition coefficient (Wildman–Crippen LogP) is 5.39. The van der Waals surface area contributed by atoms with E-state index in [4.69, 9.17) is 35.4 Å². The SMILES string of the molecule is CC1(C)SC(=S)N(NC(=O)Nc2ccc(Cl)cc2)[C@H]1N(O)C(=O)Nc1ccc(Cl)cc1. The first kappa shape index (κ1) is 23.4. The van der Waals surface area contributed by atoms with E-state index in [0.29, 0.717) is 30.8 Å². The number of amides is 4. The van der Waals surface area contributed by atoms with Crippen LogP contribution >= 0.6 is 47.2 Å². The van der Waals surface area contributed by atoms with Crippen molar-refractivity contribution in [3.05, 3.63) is 58.6 Å². The lowest BCUT2D eigenvalue weighted by molar-refractivity contribution is -0.120. The fraction of sp³-hybridized carbons (Fsp3) is 0.211. The largest absolute Gasteiger partial charge is 0.347 e. The van der Waals surface area contributed by atoms with E-state index in [1.54, 1.807) is 62.4 Å². The van der Waals surface area contributed by atoms with Crippen LogP contribution in [0.5, 0.6) is 0 Å². The first-order valence-electron chi connectivity index (χ1n) is 8.97. The van der Waals surface area contributed by atoms with Crippen LogP contribution in [0.25, 0.3) is 0 Å². The topological polar surface area (TPSA) is 96.9 Å². The van der Waals surface area contributed by atoms with E-state index < -0.39 is 23.0 Å². The van der Waals surface area contributed by atoms with Gasteiger partial charge in [0.05, 0.1) is 4.75 Å². The van der Waals surface area contributed by atoms with Crippen LogP contribution in [0.1, 0.15) is 13.8 Å². The number of nitrogens with one attached hydrogen (secondary N) is 3. The minimum absolute atomic E-state index is 0.291. The number of carbonyl (C=O) groups is 2. The zero-order valence-electron chi connectivity index (χ0n) is 16.4. The second-order valence-electron chi connectivity index (χ2n) is 7.07. The highest BCUT2D eigenvalue weighted by Crippen LogP contribution is 2.41. The van der Waals surface area contributed by atoms with E-state index in [-0.39, 0.29) is 0 Å². The van der Waals surface area contributed by atoms with E-state index in [9.17, 15) is 14.8 Å². The number of hydroxylamine groups is 2. The third-order valence-corrected chi connectivity index (χ3v) is 6.33. The average molecular weight is 500 g/mol. The zero-order valence-corrected chi connectivity index (χ0v) is 19.6. The number of halogens is 2. The summed E-state index contributed by atoms with van der Waals surface area (Å²) in [5, 5.41) is 18.7. The van der Waals surface area contributed by atoms with Crippen molar-refractivity contribution >= 4 is 74.9 Å². The minimum atomic E-state index is -0.978. The average Bonchev–Trinajstić information content (AvgIpc) is 2.92. The molecule has 0 radical (unpaired) electrons. The molecule has 164 valence electrons. The Morgan fingerprint density at radius 2 is 1.52 bits per heavy atom. The van der Waals surface area contributed by atoms with Gasteiger partial charge < -0.3 is 10.6 Å². The fourth-order valence-corrected chi connectivity index (χ4v) is 4.92.